The highest BCUT2D eigenvalue weighted by Crippen LogP contribution is 2.31. The number of nitrogens with two attached hydrogens (primary N) is 1. The molecule has 0 radical (unpaired) electrons. The van der Waals surface area contributed by atoms with Crippen molar-refractivity contribution >= 4 is 43.6 Å². The second kappa shape index (κ2) is 6.22. The molecule has 2 amide bonds. The van der Waals surface area contributed by atoms with Crippen LogP contribution in [0, 0.1) is 0 Å². The van der Waals surface area contributed by atoms with E-state index in [2.05, 4.69) is 37.2 Å². The predicted molar refractivity (Wildman–Crippen MR) is 70.6 cm³/mol. The fraction of sp³-hybridized carbons (Fsp3) is 0.300. The second-order valence-electron chi connectivity index (χ2n) is 3.15. The van der Waals surface area contributed by atoms with Gasteiger partial charge in [-0.15, -0.1) is 0 Å². The van der Waals surface area contributed by atoms with Crippen LogP contribution in [0.4, 0.5) is 10.5 Å². The summed E-state index contributed by atoms with van der Waals surface area (Å²) in [6.07, 6.45) is 0.699. The maximum Gasteiger partial charge on any atom is 0.316 e. The molecule has 0 fully saturated rings. The normalized spacial score (nSPS) is 10.2. The van der Waals surface area contributed by atoms with Gasteiger partial charge in [0.1, 0.15) is 0 Å². The molecule has 16 heavy (non-hydrogen) atoms. The van der Waals surface area contributed by atoms with Crippen molar-refractivity contribution in [1.82, 2.24) is 0 Å². The van der Waals surface area contributed by atoms with Gasteiger partial charge in [0, 0.05) is 16.1 Å². The average Bonchev–Trinajstić information content (AvgIpc) is 2.19. The number of hydrogen-bond acceptors (Lipinski definition) is 2. The Kier molecular flexibility index (Phi) is 5.24. The minimum atomic E-state index is -0.582. The lowest BCUT2D eigenvalue weighted by atomic mass is 10.1. The van der Waals surface area contributed by atoms with Crippen LogP contribution in [0.25, 0.3) is 0 Å². The molecule has 1 rings (SSSR count). The van der Waals surface area contributed by atoms with Crippen LogP contribution in [0.5, 0.6) is 0 Å². The molecule has 6 heteroatoms. The number of urea groups is 1. The van der Waals surface area contributed by atoms with E-state index in [1.165, 1.54) is 0 Å². The molecule has 0 heterocycles. The average molecular weight is 352 g/mol. The molecule has 88 valence electrons. The van der Waals surface area contributed by atoms with E-state index in [-0.39, 0.29) is 0 Å². The van der Waals surface area contributed by atoms with E-state index in [4.69, 9.17) is 10.5 Å². The summed E-state index contributed by atoms with van der Waals surface area (Å²) >= 11 is 6.77. The van der Waals surface area contributed by atoms with Crippen molar-refractivity contribution < 1.29 is 9.53 Å². The van der Waals surface area contributed by atoms with Crippen LogP contribution in [0.15, 0.2) is 21.1 Å². The zero-order valence-electron chi connectivity index (χ0n) is 8.72. The van der Waals surface area contributed by atoms with Crippen LogP contribution in [-0.2, 0) is 11.2 Å². The third-order valence-corrected chi connectivity index (χ3v) is 3.04. The summed E-state index contributed by atoms with van der Waals surface area (Å²) in [6.45, 7) is 0.580. The summed E-state index contributed by atoms with van der Waals surface area (Å²) in [7, 11) is 1.63. The van der Waals surface area contributed by atoms with E-state index >= 15 is 0 Å². The van der Waals surface area contributed by atoms with Crippen molar-refractivity contribution in [2.45, 2.75) is 6.42 Å². The lowest BCUT2D eigenvalue weighted by Gasteiger charge is -2.12. The minimum absolute atomic E-state index is 0.580. The van der Waals surface area contributed by atoms with Crippen LogP contribution in [0.1, 0.15) is 5.56 Å². The number of ether oxygens (including phenoxy) is 1. The fourth-order valence-electron chi connectivity index (χ4n) is 1.30. The van der Waals surface area contributed by atoms with Crippen LogP contribution in [0.2, 0.25) is 0 Å². The van der Waals surface area contributed by atoms with Gasteiger partial charge in [-0.3, -0.25) is 0 Å². The molecule has 0 aliphatic heterocycles. The zero-order chi connectivity index (χ0) is 12.1. The van der Waals surface area contributed by atoms with Crippen LogP contribution < -0.4 is 11.1 Å². The summed E-state index contributed by atoms with van der Waals surface area (Å²) in [6, 6.07) is 3.19. The van der Waals surface area contributed by atoms with Crippen LogP contribution >= 0.6 is 31.9 Å². The molecule has 3 N–H and O–H groups in total. The minimum Gasteiger partial charge on any atom is -0.384 e. The van der Waals surface area contributed by atoms with Gasteiger partial charge in [0.25, 0.3) is 0 Å². The number of carbonyl (C=O) groups excluding carboxylic acids is 1. The number of amides is 2. The van der Waals surface area contributed by atoms with Gasteiger partial charge in [-0.25, -0.2) is 4.79 Å². The molecular formula is C10H12Br2N2O2. The summed E-state index contributed by atoms with van der Waals surface area (Å²) in [5.74, 6) is 0. The Hall–Kier alpha value is -0.590. The van der Waals surface area contributed by atoms with Gasteiger partial charge >= 0.3 is 6.03 Å². The monoisotopic (exact) mass is 350 g/mol. The van der Waals surface area contributed by atoms with Gasteiger partial charge < -0.3 is 15.8 Å². The molecular weight excluding hydrogens is 340 g/mol. The first-order valence-corrected chi connectivity index (χ1v) is 6.16. The van der Waals surface area contributed by atoms with E-state index in [9.17, 15) is 4.79 Å². The van der Waals surface area contributed by atoms with Gasteiger partial charge in [-0.05, 0) is 40.0 Å². The number of nitrogens with one attached hydrogen (secondary N) is 1. The van der Waals surface area contributed by atoms with E-state index in [1.54, 1.807) is 7.11 Å². The summed E-state index contributed by atoms with van der Waals surface area (Å²) in [4.78, 5) is 10.9. The third kappa shape index (κ3) is 3.77. The van der Waals surface area contributed by atoms with Crippen LogP contribution in [-0.4, -0.2) is 19.7 Å². The molecule has 0 bridgehead atoms. The number of rotatable bonds is 4. The number of carbonyl (C=O) groups is 1. The number of hydrogen-bond donors (Lipinski definition) is 2. The summed E-state index contributed by atoms with van der Waals surface area (Å²) in [5, 5.41) is 2.59. The quantitative estimate of drug-likeness (QED) is 0.875. The predicted octanol–water partition coefficient (Wildman–Crippen LogP) is 2.89. The lowest BCUT2D eigenvalue weighted by molar-refractivity contribution is 0.202. The van der Waals surface area contributed by atoms with Crippen molar-refractivity contribution in [1.29, 1.82) is 0 Å². The molecule has 1 aromatic rings. The SMILES string of the molecule is COCCc1cc(Br)cc(Br)c1NC(N)=O. The number of methoxy groups -OCH3 is 1. The highest BCUT2D eigenvalue weighted by atomic mass is 79.9. The zero-order valence-corrected chi connectivity index (χ0v) is 11.9. The smallest absolute Gasteiger partial charge is 0.316 e. The summed E-state index contributed by atoms with van der Waals surface area (Å²) < 4.78 is 6.73. The van der Waals surface area contributed by atoms with Gasteiger partial charge in [0.15, 0.2) is 0 Å². The van der Waals surface area contributed by atoms with E-state index in [0.717, 1.165) is 14.5 Å². The first-order chi connectivity index (χ1) is 7.54. The standard InChI is InChI=1S/C10H12Br2N2O2/c1-16-3-2-6-4-7(11)5-8(12)9(6)14-10(13)15/h4-5H,2-3H2,1H3,(H3,13,14,15). The lowest BCUT2D eigenvalue weighted by Crippen LogP contribution is -2.20. The topological polar surface area (TPSA) is 64.3 Å². The maximum absolute atomic E-state index is 10.9. The van der Waals surface area contributed by atoms with Crippen molar-refractivity contribution in [3.8, 4) is 0 Å². The Morgan fingerprint density at radius 3 is 2.75 bits per heavy atom. The van der Waals surface area contributed by atoms with Crippen molar-refractivity contribution in [3.05, 3.63) is 26.6 Å². The highest BCUT2D eigenvalue weighted by Gasteiger charge is 2.10. The molecule has 0 saturated carbocycles. The Morgan fingerprint density at radius 1 is 1.50 bits per heavy atom. The second-order valence-corrected chi connectivity index (χ2v) is 4.92. The number of anilines is 1. The molecule has 4 nitrogen and oxygen atoms in total. The first kappa shape index (κ1) is 13.5. The largest absolute Gasteiger partial charge is 0.384 e. The summed E-state index contributed by atoms with van der Waals surface area (Å²) in [5.41, 5.74) is 6.76. The fourth-order valence-corrected chi connectivity index (χ4v) is 2.71. The third-order valence-electron chi connectivity index (χ3n) is 1.96. The van der Waals surface area contributed by atoms with Crippen LogP contribution in [0.3, 0.4) is 0 Å². The number of primary amides is 1. The maximum atomic E-state index is 10.9. The van der Waals surface area contributed by atoms with Gasteiger partial charge in [-0.2, -0.15) is 0 Å². The Bertz CT molecular complexity index is 397. The first-order valence-electron chi connectivity index (χ1n) is 4.58. The number of halogens is 2. The molecule has 0 aliphatic carbocycles. The molecule has 1 aromatic carbocycles. The van der Waals surface area contributed by atoms with E-state index < -0.39 is 6.03 Å². The molecule has 0 aromatic heterocycles. The molecule has 0 aliphatic rings. The van der Waals surface area contributed by atoms with E-state index in [1.807, 2.05) is 12.1 Å². The highest BCUT2D eigenvalue weighted by molar-refractivity contribution is 9.11. The van der Waals surface area contributed by atoms with Crippen molar-refractivity contribution in [3.63, 3.8) is 0 Å². The van der Waals surface area contributed by atoms with Crippen molar-refractivity contribution in [2.24, 2.45) is 5.73 Å². The Morgan fingerprint density at radius 2 is 2.19 bits per heavy atom. The van der Waals surface area contributed by atoms with Gasteiger partial charge in [0.05, 0.1) is 12.3 Å². The van der Waals surface area contributed by atoms with Crippen molar-refractivity contribution in [2.75, 3.05) is 19.0 Å². The molecule has 0 unspecified atom stereocenters. The number of benzene rings is 1. The van der Waals surface area contributed by atoms with E-state index in [0.29, 0.717) is 18.7 Å². The van der Waals surface area contributed by atoms with Gasteiger partial charge in [-0.1, -0.05) is 15.9 Å². The molecule has 0 saturated heterocycles. The Balaban J connectivity index is 3.05. The molecule has 0 spiro atoms. The molecule has 0 atom stereocenters. The Labute approximate surface area is 111 Å². The van der Waals surface area contributed by atoms with Gasteiger partial charge in [0.2, 0.25) is 0 Å².